The number of hydrogen-bond acceptors (Lipinski definition) is 7. The molecule has 2 fully saturated rings. The number of sulfonamides is 1. The SMILES string of the molecule is Cc1nn(C)c2nc(N3CCC4(OCCN4S(=O)(=O)c4ccccc4)C(F)C3)ncc12. The Morgan fingerprint density at radius 1 is 1.23 bits per heavy atom. The molecule has 2 unspecified atom stereocenters. The molecule has 164 valence electrons. The summed E-state index contributed by atoms with van der Waals surface area (Å²) in [5, 5.41) is 5.19. The molecular weight excluding hydrogens is 423 g/mol. The zero-order valence-electron chi connectivity index (χ0n) is 17.3. The predicted octanol–water partition coefficient (Wildman–Crippen LogP) is 1.64. The van der Waals surface area contributed by atoms with E-state index >= 15 is 4.39 Å². The molecule has 2 aliphatic rings. The Balaban J connectivity index is 1.43. The first-order valence-corrected chi connectivity index (χ1v) is 11.5. The lowest BCUT2D eigenvalue weighted by Gasteiger charge is -2.44. The van der Waals surface area contributed by atoms with E-state index in [1.165, 1.54) is 16.4 Å². The van der Waals surface area contributed by atoms with E-state index < -0.39 is 21.9 Å². The van der Waals surface area contributed by atoms with Crippen molar-refractivity contribution in [3.05, 3.63) is 42.2 Å². The van der Waals surface area contributed by atoms with Gasteiger partial charge in [0.15, 0.2) is 17.5 Å². The first-order valence-electron chi connectivity index (χ1n) is 10.1. The van der Waals surface area contributed by atoms with E-state index in [4.69, 9.17) is 4.74 Å². The molecule has 1 aromatic carbocycles. The van der Waals surface area contributed by atoms with Gasteiger partial charge in [-0.3, -0.25) is 4.68 Å². The van der Waals surface area contributed by atoms with Crippen molar-refractivity contribution >= 4 is 27.0 Å². The van der Waals surface area contributed by atoms with Crippen molar-refractivity contribution in [2.24, 2.45) is 7.05 Å². The fourth-order valence-electron chi connectivity index (χ4n) is 4.46. The molecular formula is C20H23FN6O3S. The average molecular weight is 447 g/mol. The van der Waals surface area contributed by atoms with Gasteiger partial charge in [0.05, 0.1) is 29.1 Å². The Hall–Kier alpha value is -2.63. The number of hydrogen-bond donors (Lipinski definition) is 0. The molecule has 0 aliphatic carbocycles. The van der Waals surface area contributed by atoms with Crippen LogP contribution in [0.5, 0.6) is 0 Å². The summed E-state index contributed by atoms with van der Waals surface area (Å²) in [7, 11) is -2.09. The smallest absolute Gasteiger partial charge is 0.245 e. The number of piperidine rings is 1. The van der Waals surface area contributed by atoms with Crippen LogP contribution < -0.4 is 4.90 Å². The molecule has 3 aromatic rings. The van der Waals surface area contributed by atoms with Crippen LogP contribution in [0.15, 0.2) is 41.4 Å². The zero-order valence-corrected chi connectivity index (χ0v) is 18.1. The maximum absolute atomic E-state index is 15.6. The lowest BCUT2D eigenvalue weighted by molar-refractivity contribution is -0.116. The summed E-state index contributed by atoms with van der Waals surface area (Å²) in [4.78, 5) is 10.8. The van der Waals surface area contributed by atoms with Gasteiger partial charge in [0.2, 0.25) is 16.0 Å². The van der Waals surface area contributed by atoms with Crippen molar-refractivity contribution in [2.45, 2.75) is 30.1 Å². The molecule has 5 rings (SSSR count). The Labute approximate surface area is 179 Å². The fourth-order valence-corrected chi connectivity index (χ4v) is 6.19. The van der Waals surface area contributed by atoms with Gasteiger partial charge in [-0.25, -0.2) is 17.8 Å². The maximum Gasteiger partial charge on any atom is 0.245 e. The summed E-state index contributed by atoms with van der Waals surface area (Å²) in [5.74, 6) is 0.392. The Morgan fingerprint density at radius 3 is 2.74 bits per heavy atom. The third-order valence-corrected chi connectivity index (χ3v) is 7.98. The minimum Gasteiger partial charge on any atom is -0.355 e. The largest absolute Gasteiger partial charge is 0.355 e. The lowest BCUT2D eigenvalue weighted by atomic mass is 9.99. The van der Waals surface area contributed by atoms with Crippen LogP contribution in [-0.2, 0) is 21.8 Å². The highest BCUT2D eigenvalue weighted by atomic mass is 32.2. The summed E-state index contributed by atoms with van der Waals surface area (Å²) < 4.78 is 50.7. The van der Waals surface area contributed by atoms with Gasteiger partial charge >= 0.3 is 0 Å². The van der Waals surface area contributed by atoms with E-state index in [1.54, 1.807) is 41.0 Å². The van der Waals surface area contributed by atoms with Crippen molar-refractivity contribution in [3.63, 3.8) is 0 Å². The number of anilines is 1. The van der Waals surface area contributed by atoms with Crippen LogP contribution >= 0.6 is 0 Å². The summed E-state index contributed by atoms with van der Waals surface area (Å²) in [6, 6.07) is 8.08. The van der Waals surface area contributed by atoms with Crippen molar-refractivity contribution < 1.29 is 17.5 Å². The number of aryl methyl sites for hydroxylation is 2. The van der Waals surface area contributed by atoms with Gasteiger partial charge in [-0.2, -0.15) is 14.4 Å². The van der Waals surface area contributed by atoms with Crippen molar-refractivity contribution in [3.8, 4) is 0 Å². The molecule has 0 bridgehead atoms. The van der Waals surface area contributed by atoms with Crippen molar-refractivity contribution in [1.82, 2.24) is 24.1 Å². The molecule has 0 saturated carbocycles. The molecule has 0 amide bonds. The average Bonchev–Trinajstić information content (AvgIpc) is 3.33. The third kappa shape index (κ3) is 3.10. The predicted molar refractivity (Wildman–Crippen MR) is 112 cm³/mol. The van der Waals surface area contributed by atoms with Gasteiger partial charge in [0.25, 0.3) is 0 Å². The second-order valence-electron chi connectivity index (χ2n) is 7.86. The van der Waals surface area contributed by atoms with Gasteiger partial charge in [-0.1, -0.05) is 18.2 Å². The zero-order chi connectivity index (χ0) is 21.8. The number of halogens is 1. The molecule has 4 heterocycles. The van der Waals surface area contributed by atoms with Crippen LogP contribution in [0.4, 0.5) is 10.3 Å². The summed E-state index contributed by atoms with van der Waals surface area (Å²) in [5.41, 5.74) is -0.0204. The van der Waals surface area contributed by atoms with E-state index in [2.05, 4.69) is 15.1 Å². The van der Waals surface area contributed by atoms with E-state index in [0.29, 0.717) is 18.1 Å². The maximum atomic E-state index is 15.6. The number of alkyl halides is 1. The van der Waals surface area contributed by atoms with Gasteiger partial charge in [0, 0.05) is 32.8 Å². The molecule has 11 heteroatoms. The molecule has 1 spiro atoms. The van der Waals surface area contributed by atoms with Crippen LogP contribution in [0.25, 0.3) is 11.0 Å². The monoisotopic (exact) mass is 446 g/mol. The number of fused-ring (bicyclic) bond motifs is 1. The fraction of sp³-hybridized carbons (Fsp3) is 0.450. The van der Waals surface area contributed by atoms with Gasteiger partial charge in [0.1, 0.15) is 0 Å². The van der Waals surface area contributed by atoms with E-state index in [0.717, 1.165) is 11.1 Å². The summed E-state index contributed by atoms with van der Waals surface area (Å²) in [6.07, 6.45) is 0.303. The van der Waals surface area contributed by atoms with Crippen LogP contribution in [0.1, 0.15) is 12.1 Å². The highest BCUT2D eigenvalue weighted by molar-refractivity contribution is 7.89. The topological polar surface area (TPSA) is 93.5 Å². The number of benzene rings is 1. The molecule has 9 nitrogen and oxygen atoms in total. The highest BCUT2D eigenvalue weighted by Crippen LogP contribution is 2.40. The normalized spacial score (nSPS) is 25.0. The molecule has 31 heavy (non-hydrogen) atoms. The molecule has 2 aromatic heterocycles. The van der Waals surface area contributed by atoms with Crippen LogP contribution in [0, 0.1) is 6.92 Å². The molecule has 0 radical (unpaired) electrons. The summed E-state index contributed by atoms with van der Waals surface area (Å²) >= 11 is 0. The van der Waals surface area contributed by atoms with Gasteiger partial charge < -0.3 is 9.64 Å². The first kappa shape index (κ1) is 20.3. The Kier molecular flexibility index (Phi) is 4.72. The highest BCUT2D eigenvalue weighted by Gasteiger charge is 2.57. The lowest BCUT2D eigenvalue weighted by Crippen LogP contribution is -2.62. The molecule has 0 N–H and O–H groups in total. The molecule has 2 saturated heterocycles. The van der Waals surface area contributed by atoms with Gasteiger partial charge in [-0.05, 0) is 19.1 Å². The number of aromatic nitrogens is 4. The van der Waals surface area contributed by atoms with E-state index in [9.17, 15) is 8.42 Å². The van der Waals surface area contributed by atoms with Crippen molar-refractivity contribution in [2.75, 3.05) is 31.1 Å². The third-order valence-electron chi connectivity index (χ3n) is 6.04. The Morgan fingerprint density at radius 2 is 2.00 bits per heavy atom. The summed E-state index contributed by atoms with van der Waals surface area (Å²) in [6.45, 7) is 2.46. The van der Waals surface area contributed by atoms with E-state index in [1.807, 2.05) is 6.92 Å². The van der Waals surface area contributed by atoms with Crippen LogP contribution in [-0.4, -0.2) is 70.6 Å². The number of ether oxygens (including phenoxy) is 1. The van der Waals surface area contributed by atoms with Crippen LogP contribution in [0.3, 0.4) is 0 Å². The minimum absolute atomic E-state index is 0.0663. The van der Waals surface area contributed by atoms with Crippen LogP contribution in [0.2, 0.25) is 0 Å². The second-order valence-corrected chi connectivity index (χ2v) is 9.73. The minimum atomic E-state index is -3.89. The Bertz CT molecular complexity index is 1230. The standard InChI is InChI=1S/C20H23FN6O3S/c1-14-16-12-22-19(23-18(16)25(2)24-14)26-9-8-20(17(21)13-26)27(10-11-30-20)31(28,29)15-6-4-3-5-7-15/h3-7,12,17H,8-11,13H2,1-2H3. The molecule has 2 aliphatic heterocycles. The first-order chi connectivity index (χ1) is 14.8. The van der Waals surface area contributed by atoms with E-state index in [-0.39, 0.29) is 31.0 Å². The quantitative estimate of drug-likeness (QED) is 0.604. The molecule has 2 atom stereocenters. The second kappa shape index (κ2) is 7.21. The van der Waals surface area contributed by atoms with Crippen molar-refractivity contribution in [1.29, 1.82) is 0 Å². The number of rotatable bonds is 3. The number of nitrogens with zero attached hydrogens (tertiary/aromatic N) is 6. The van der Waals surface area contributed by atoms with Gasteiger partial charge in [-0.15, -0.1) is 0 Å².